The third-order valence-electron chi connectivity index (χ3n) is 9.08. The molecule has 1 aromatic rings. The second-order valence-corrected chi connectivity index (χ2v) is 19.0. The molecule has 0 heterocycles. The minimum absolute atomic E-state index is 0.0785. The summed E-state index contributed by atoms with van der Waals surface area (Å²) in [5.74, 6) is 3.25. The van der Waals surface area contributed by atoms with Crippen LogP contribution in [0.2, 0.25) is 18.1 Å². The first kappa shape index (κ1) is 27.5. The SMILES string of the molecule is CC12CCC3c4ccc(O[Si](C)(C)C(C)(C)C)cc4CCC3C1CCC2O.O=[C]=[Cr](=[C]=O)=[C]=S. The Hall–Kier alpha value is -1.11. The van der Waals surface area contributed by atoms with E-state index in [1.807, 2.05) is 0 Å². The molecule has 5 atom stereocenters. The summed E-state index contributed by atoms with van der Waals surface area (Å²) in [6, 6.07) is 6.96. The van der Waals surface area contributed by atoms with E-state index in [4.69, 9.17) is 4.43 Å². The van der Waals surface area contributed by atoms with Crippen LogP contribution in [0.4, 0.5) is 0 Å². The van der Waals surface area contributed by atoms with Crippen molar-refractivity contribution in [1.82, 2.24) is 0 Å². The van der Waals surface area contributed by atoms with E-state index in [0.29, 0.717) is 11.8 Å². The molecule has 1 aromatic carbocycles. The zero-order chi connectivity index (χ0) is 25.3. The van der Waals surface area contributed by atoms with Crippen LogP contribution in [0.25, 0.3) is 0 Å². The molecule has 2 fully saturated rings. The standard InChI is InChI=1S/C24H38O2Si.2CO.CS.Cr/c1-23(2,3)27(5,6)26-17-8-10-18-16(15-17)7-9-20-19(18)13-14-24(4)21(20)11-12-22(24)25;3*1-2;/h8,10,15,19-22,25H,7,9,11-14H2,1-6H3;;;;. The van der Waals surface area contributed by atoms with Crippen LogP contribution in [-0.2, 0) is 28.8 Å². The van der Waals surface area contributed by atoms with Crippen LogP contribution in [0.5, 0.6) is 5.75 Å². The van der Waals surface area contributed by atoms with Crippen LogP contribution in [-0.4, -0.2) is 32.9 Å². The van der Waals surface area contributed by atoms with Crippen LogP contribution in [0.1, 0.15) is 76.8 Å². The number of hydrogen-bond donors (Lipinski definition) is 1. The molecule has 34 heavy (non-hydrogen) atoms. The molecule has 5 unspecified atom stereocenters. The minimum atomic E-state index is -2.10. The van der Waals surface area contributed by atoms with Gasteiger partial charge in [0.05, 0.1) is 6.10 Å². The Labute approximate surface area is 213 Å². The van der Waals surface area contributed by atoms with Gasteiger partial charge >= 0.3 is 48.0 Å². The normalized spacial score (nSPS) is 29.6. The fourth-order valence-corrected chi connectivity index (χ4v) is 7.56. The van der Waals surface area contributed by atoms with Gasteiger partial charge in [0.2, 0.25) is 8.32 Å². The van der Waals surface area contributed by atoms with Crippen LogP contribution in [0.3, 0.4) is 0 Å². The van der Waals surface area contributed by atoms with Crippen molar-refractivity contribution in [2.45, 2.75) is 96.4 Å². The molecule has 2 saturated carbocycles. The molecule has 4 nitrogen and oxygen atoms in total. The first-order valence-corrected chi connectivity index (χ1v) is 17.5. The summed E-state index contributed by atoms with van der Waals surface area (Å²) in [5, 5.41) is 10.8. The van der Waals surface area contributed by atoms with Gasteiger partial charge in [-0.25, -0.2) is 0 Å². The Kier molecular flexibility index (Phi) is 8.47. The maximum absolute atomic E-state index is 10.6. The topological polar surface area (TPSA) is 63.6 Å². The Balaban J connectivity index is 0.000000406. The number of fused-ring (bicyclic) bond motifs is 5. The molecule has 186 valence electrons. The first-order chi connectivity index (χ1) is 15.9. The third-order valence-corrected chi connectivity index (χ3v) is 14.9. The molecule has 1 N–H and O–H groups in total. The predicted octanol–water partition coefficient (Wildman–Crippen LogP) is 5.86. The van der Waals surface area contributed by atoms with Crippen LogP contribution >= 0.6 is 12.2 Å². The predicted molar refractivity (Wildman–Crippen MR) is 139 cm³/mol. The maximum atomic E-state index is 10.6. The van der Waals surface area contributed by atoms with Crippen LogP contribution < -0.4 is 4.43 Å². The summed E-state index contributed by atoms with van der Waals surface area (Å²) in [5.41, 5.74) is 3.27. The van der Waals surface area contributed by atoms with Crippen molar-refractivity contribution in [3.05, 3.63) is 29.3 Å². The summed E-state index contributed by atoms with van der Waals surface area (Å²) in [4.78, 5) is 19.0. The molecular formula is C27H38CrO4SSi. The fraction of sp³-hybridized carbons (Fsp3) is 0.667. The average molecular weight is 539 g/mol. The van der Waals surface area contributed by atoms with Gasteiger partial charge in [-0.05, 0) is 103 Å². The Bertz CT molecular complexity index is 1110. The number of benzene rings is 1. The average Bonchev–Trinajstić information content (AvgIpc) is 3.08. The number of carbonyl (C=O) groups excluding carboxylic acids is 2. The van der Waals surface area contributed by atoms with E-state index >= 15 is 0 Å². The van der Waals surface area contributed by atoms with Crippen molar-refractivity contribution in [3.63, 3.8) is 0 Å². The molecule has 0 aromatic heterocycles. The molecule has 7 heteroatoms. The molecule has 0 saturated heterocycles. The summed E-state index contributed by atoms with van der Waals surface area (Å²) in [6.45, 7) is 13.9. The van der Waals surface area contributed by atoms with Gasteiger partial charge in [-0.3, -0.25) is 0 Å². The molecule has 3 aliphatic rings. The van der Waals surface area contributed by atoms with E-state index in [9.17, 15) is 14.7 Å². The second-order valence-electron chi connectivity index (χ2n) is 11.8. The van der Waals surface area contributed by atoms with Gasteiger partial charge in [-0.2, -0.15) is 0 Å². The van der Waals surface area contributed by atoms with Crippen molar-refractivity contribution in [2.24, 2.45) is 17.3 Å². The van der Waals surface area contributed by atoms with Crippen LogP contribution in [0.15, 0.2) is 18.2 Å². The van der Waals surface area contributed by atoms with Gasteiger partial charge < -0.3 is 9.53 Å². The Morgan fingerprint density at radius 1 is 1.15 bits per heavy atom. The van der Waals surface area contributed by atoms with Crippen LogP contribution in [0, 0.1) is 17.3 Å². The van der Waals surface area contributed by atoms with Gasteiger partial charge in [0.1, 0.15) is 5.75 Å². The van der Waals surface area contributed by atoms with Gasteiger partial charge in [-0.1, -0.05) is 33.8 Å². The van der Waals surface area contributed by atoms with E-state index in [1.54, 1.807) is 5.56 Å². The number of aryl methyl sites for hydroxylation is 1. The van der Waals surface area contributed by atoms with Gasteiger partial charge in [0.25, 0.3) is 0 Å². The molecule has 0 radical (unpaired) electrons. The zero-order valence-electron chi connectivity index (χ0n) is 21.3. The summed E-state index contributed by atoms with van der Waals surface area (Å²) in [7, 11) is -1.79. The van der Waals surface area contributed by atoms with E-state index in [2.05, 4.69) is 75.0 Å². The van der Waals surface area contributed by atoms with Gasteiger partial charge in [0, 0.05) is 0 Å². The molecular weight excluding hydrogens is 500 g/mol. The van der Waals surface area contributed by atoms with Gasteiger partial charge in [-0.15, -0.1) is 0 Å². The number of thiocarbonyl (C=S) groups is 1. The molecule has 0 spiro atoms. The second kappa shape index (κ2) is 10.5. The van der Waals surface area contributed by atoms with E-state index in [1.165, 1.54) is 47.2 Å². The van der Waals surface area contributed by atoms with Crippen molar-refractivity contribution in [3.8, 4) is 5.75 Å². The third kappa shape index (κ3) is 5.34. The monoisotopic (exact) mass is 538 g/mol. The molecule has 4 rings (SSSR count). The van der Waals surface area contributed by atoms with Crippen molar-refractivity contribution in [1.29, 1.82) is 0 Å². The first-order valence-electron chi connectivity index (χ1n) is 12.3. The van der Waals surface area contributed by atoms with E-state index in [-0.39, 0.29) is 16.6 Å². The summed E-state index contributed by atoms with van der Waals surface area (Å²) < 4.78 is 11.5. The summed E-state index contributed by atoms with van der Waals surface area (Å²) >= 11 is 2.05. The zero-order valence-corrected chi connectivity index (χ0v) is 24.4. The summed E-state index contributed by atoms with van der Waals surface area (Å²) in [6.07, 6.45) is 7.04. The van der Waals surface area contributed by atoms with Crippen molar-refractivity contribution < 1.29 is 32.0 Å². The van der Waals surface area contributed by atoms with Gasteiger partial charge in [0.15, 0.2) is 0 Å². The number of aliphatic hydroxyl groups excluding tert-OH is 1. The molecule has 0 bridgehead atoms. The van der Waals surface area contributed by atoms with E-state index < -0.39 is 21.1 Å². The van der Waals surface area contributed by atoms with Crippen molar-refractivity contribution >= 4 is 33.9 Å². The quantitative estimate of drug-likeness (QED) is 0.377. The fourth-order valence-electron chi connectivity index (χ4n) is 6.09. The van der Waals surface area contributed by atoms with E-state index in [0.717, 1.165) is 18.1 Å². The molecule has 0 aliphatic heterocycles. The molecule has 3 aliphatic carbocycles. The number of rotatable bonds is 2. The molecule has 0 amide bonds. The Morgan fingerprint density at radius 3 is 2.38 bits per heavy atom. The van der Waals surface area contributed by atoms with Crippen molar-refractivity contribution in [2.75, 3.05) is 0 Å². The number of aliphatic hydroxyl groups is 1. The number of hydrogen-bond acceptors (Lipinski definition) is 5. The Morgan fingerprint density at radius 2 is 1.82 bits per heavy atom.